The van der Waals surface area contributed by atoms with Crippen LogP contribution in [0.4, 0.5) is 11.4 Å². The van der Waals surface area contributed by atoms with Crippen molar-refractivity contribution in [3.63, 3.8) is 0 Å². The summed E-state index contributed by atoms with van der Waals surface area (Å²) < 4.78 is 5.84. The highest BCUT2D eigenvalue weighted by molar-refractivity contribution is 7.10. The van der Waals surface area contributed by atoms with Gasteiger partial charge < -0.3 is 20.3 Å². The summed E-state index contributed by atoms with van der Waals surface area (Å²) >= 11 is 1.57. The predicted octanol–water partition coefficient (Wildman–Crippen LogP) is 3.05. The number of benzene rings is 1. The normalized spacial score (nSPS) is 15.7. The van der Waals surface area contributed by atoms with Gasteiger partial charge in [-0.05, 0) is 50.6 Å². The number of nitrogens with zero attached hydrogens (tertiary/aromatic N) is 2. The van der Waals surface area contributed by atoms with Crippen molar-refractivity contribution in [2.75, 3.05) is 37.8 Å². The second-order valence-electron chi connectivity index (χ2n) is 5.97. The zero-order valence-electron chi connectivity index (χ0n) is 13.9. The first kappa shape index (κ1) is 16.5. The molecule has 0 saturated heterocycles. The first-order valence-electron chi connectivity index (χ1n) is 7.84. The van der Waals surface area contributed by atoms with Gasteiger partial charge in [0.1, 0.15) is 0 Å². The predicted molar refractivity (Wildman–Crippen MR) is 99.3 cm³/mol. The summed E-state index contributed by atoms with van der Waals surface area (Å²) in [6.07, 6.45) is 2.67. The Morgan fingerprint density at radius 3 is 2.88 bits per heavy atom. The maximum atomic E-state index is 12.9. The smallest absolute Gasteiger partial charge is 0.294 e. The average Bonchev–Trinajstić information content (AvgIpc) is 3.03. The van der Waals surface area contributed by atoms with E-state index in [0.29, 0.717) is 23.7 Å². The number of carbonyl (C=O) groups excluding carboxylic acids is 1. The van der Waals surface area contributed by atoms with Crippen molar-refractivity contribution < 1.29 is 9.53 Å². The van der Waals surface area contributed by atoms with Crippen molar-refractivity contribution in [2.45, 2.75) is 6.42 Å². The van der Waals surface area contributed by atoms with Crippen molar-refractivity contribution in [3.8, 4) is 5.75 Å². The highest BCUT2D eigenvalue weighted by Crippen LogP contribution is 2.37. The fourth-order valence-corrected chi connectivity index (χ4v) is 3.25. The number of nitrogens with two attached hydrogens (primary N) is 1. The average molecular weight is 343 g/mol. The minimum atomic E-state index is -0.112. The van der Waals surface area contributed by atoms with E-state index in [0.717, 1.165) is 23.5 Å². The molecule has 0 radical (unpaired) electrons. The molecule has 6 heteroatoms. The van der Waals surface area contributed by atoms with Crippen LogP contribution in [0, 0.1) is 0 Å². The molecule has 126 valence electrons. The number of fused-ring (bicyclic) bond motifs is 1. The Kier molecular flexibility index (Phi) is 4.87. The molecule has 0 spiro atoms. The molecule has 1 aliphatic heterocycles. The quantitative estimate of drug-likeness (QED) is 0.670. The molecular formula is C18H21N3O2S. The van der Waals surface area contributed by atoms with Crippen LogP contribution in [0.5, 0.6) is 5.75 Å². The van der Waals surface area contributed by atoms with Crippen LogP contribution in [0.2, 0.25) is 0 Å². The van der Waals surface area contributed by atoms with Gasteiger partial charge in [0.05, 0.1) is 5.69 Å². The molecule has 5 nitrogen and oxygen atoms in total. The Balaban J connectivity index is 1.92. The lowest BCUT2D eigenvalue weighted by Crippen LogP contribution is -2.38. The highest BCUT2D eigenvalue weighted by Gasteiger charge is 2.30. The van der Waals surface area contributed by atoms with Crippen LogP contribution in [0.1, 0.15) is 11.3 Å². The third kappa shape index (κ3) is 3.60. The van der Waals surface area contributed by atoms with Gasteiger partial charge in [0.25, 0.3) is 5.91 Å². The van der Waals surface area contributed by atoms with Crippen LogP contribution in [0.15, 0.2) is 41.5 Å². The fraction of sp³-hybridized carbons (Fsp3) is 0.278. The van der Waals surface area contributed by atoms with E-state index in [1.807, 2.05) is 37.7 Å². The van der Waals surface area contributed by atoms with Crippen LogP contribution in [-0.2, 0) is 4.79 Å². The zero-order chi connectivity index (χ0) is 17.1. The van der Waals surface area contributed by atoms with Crippen LogP contribution in [-0.4, -0.2) is 38.0 Å². The number of thiophene rings is 1. The van der Waals surface area contributed by atoms with E-state index in [1.54, 1.807) is 34.4 Å². The summed E-state index contributed by atoms with van der Waals surface area (Å²) in [5.74, 6) is 0.849. The first-order valence-corrected chi connectivity index (χ1v) is 8.72. The molecule has 1 amide bonds. The third-order valence-corrected chi connectivity index (χ3v) is 4.57. The lowest BCUT2D eigenvalue weighted by Gasteiger charge is -2.31. The van der Waals surface area contributed by atoms with E-state index >= 15 is 0 Å². The van der Waals surface area contributed by atoms with Crippen LogP contribution in [0.25, 0.3) is 6.08 Å². The Morgan fingerprint density at radius 2 is 2.17 bits per heavy atom. The number of hydrogen-bond acceptors (Lipinski definition) is 5. The molecule has 0 unspecified atom stereocenters. The summed E-state index contributed by atoms with van der Waals surface area (Å²) in [5.41, 5.74) is 7.27. The van der Waals surface area contributed by atoms with Gasteiger partial charge in [-0.15, -0.1) is 11.3 Å². The van der Waals surface area contributed by atoms with Gasteiger partial charge in [-0.2, -0.15) is 0 Å². The van der Waals surface area contributed by atoms with Gasteiger partial charge in [0.2, 0.25) is 0 Å². The molecule has 1 aromatic heterocycles. The Labute approximate surface area is 145 Å². The zero-order valence-corrected chi connectivity index (χ0v) is 14.7. The van der Waals surface area contributed by atoms with Gasteiger partial charge >= 0.3 is 0 Å². The molecule has 0 saturated carbocycles. The molecule has 0 atom stereocenters. The van der Waals surface area contributed by atoms with Crippen LogP contribution in [0.3, 0.4) is 0 Å². The van der Waals surface area contributed by atoms with Crippen LogP contribution >= 0.6 is 11.3 Å². The Morgan fingerprint density at radius 1 is 1.33 bits per heavy atom. The summed E-state index contributed by atoms with van der Waals surface area (Å²) in [4.78, 5) is 17.7. The van der Waals surface area contributed by atoms with Gasteiger partial charge in [0, 0.05) is 29.3 Å². The van der Waals surface area contributed by atoms with Crippen molar-refractivity contribution in [1.29, 1.82) is 0 Å². The molecule has 1 aliphatic rings. The molecule has 0 bridgehead atoms. The Hall–Kier alpha value is -2.31. The summed E-state index contributed by atoms with van der Waals surface area (Å²) in [6.45, 7) is 1.55. The van der Waals surface area contributed by atoms with Crippen molar-refractivity contribution in [2.24, 2.45) is 0 Å². The number of amides is 1. The number of anilines is 2. The van der Waals surface area contributed by atoms with Gasteiger partial charge in [-0.25, -0.2) is 0 Å². The second-order valence-corrected chi connectivity index (χ2v) is 6.95. The maximum Gasteiger partial charge on any atom is 0.294 e. The van der Waals surface area contributed by atoms with E-state index in [1.165, 1.54) is 0 Å². The van der Waals surface area contributed by atoms with Crippen molar-refractivity contribution in [3.05, 3.63) is 46.3 Å². The molecule has 0 aliphatic carbocycles. The van der Waals surface area contributed by atoms with Gasteiger partial charge in [-0.1, -0.05) is 6.07 Å². The Bertz CT molecular complexity index is 754. The summed E-state index contributed by atoms with van der Waals surface area (Å²) in [6, 6.07) is 9.32. The molecule has 2 aromatic rings. The molecular weight excluding hydrogens is 322 g/mol. The molecule has 1 aromatic carbocycles. The largest absolute Gasteiger partial charge is 0.449 e. The van der Waals surface area contributed by atoms with Gasteiger partial charge in [0.15, 0.2) is 11.5 Å². The molecule has 2 N–H and O–H groups in total. The van der Waals surface area contributed by atoms with E-state index in [2.05, 4.69) is 4.90 Å². The number of nitrogen functional groups attached to an aromatic ring is 1. The maximum absolute atomic E-state index is 12.9. The number of hydrogen-bond donors (Lipinski definition) is 1. The molecule has 0 fully saturated rings. The first-order chi connectivity index (χ1) is 11.5. The summed E-state index contributed by atoms with van der Waals surface area (Å²) in [7, 11) is 4.05. The minimum Gasteiger partial charge on any atom is -0.449 e. The fourth-order valence-electron chi connectivity index (χ4n) is 2.60. The number of carbonyl (C=O) groups is 1. The van der Waals surface area contributed by atoms with Crippen LogP contribution < -0.4 is 15.4 Å². The summed E-state index contributed by atoms with van der Waals surface area (Å²) in [5, 5.41) is 1.97. The van der Waals surface area contributed by atoms with E-state index < -0.39 is 0 Å². The van der Waals surface area contributed by atoms with E-state index in [4.69, 9.17) is 10.5 Å². The standard InChI is InChI=1S/C18H21N3O2S/c1-20(2)8-4-9-21-15-7-6-13(19)11-16(15)23-17(18(21)22)12-14-5-3-10-24-14/h3,5-7,10-12H,4,8-9,19H2,1-2H3/b17-12+. The van der Waals surface area contributed by atoms with Crippen molar-refractivity contribution >= 4 is 34.7 Å². The third-order valence-electron chi connectivity index (χ3n) is 3.75. The van der Waals surface area contributed by atoms with Crippen molar-refractivity contribution in [1.82, 2.24) is 4.90 Å². The van der Waals surface area contributed by atoms with E-state index in [9.17, 15) is 4.79 Å². The SMILES string of the molecule is CN(C)CCCN1C(=O)/C(=C\c2cccs2)Oc2cc(N)ccc21. The lowest BCUT2D eigenvalue weighted by atomic mass is 10.1. The van der Waals surface area contributed by atoms with E-state index in [-0.39, 0.29) is 5.91 Å². The second kappa shape index (κ2) is 7.07. The molecule has 24 heavy (non-hydrogen) atoms. The number of ether oxygens (including phenoxy) is 1. The number of rotatable bonds is 5. The molecule has 2 heterocycles. The van der Waals surface area contributed by atoms with Gasteiger partial charge in [-0.3, -0.25) is 4.79 Å². The monoisotopic (exact) mass is 343 g/mol. The topological polar surface area (TPSA) is 58.8 Å². The lowest BCUT2D eigenvalue weighted by molar-refractivity contribution is -0.117. The minimum absolute atomic E-state index is 0.112. The molecule has 3 rings (SSSR count). The highest BCUT2D eigenvalue weighted by atomic mass is 32.1.